The molecule has 176 valence electrons. The minimum atomic E-state index is -2.11. The van der Waals surface area contributed by atoms with Crippen molar-refractivity contribution in [2.24, 2.45) is 0 Å². The van der Waals surface area contributed by atoms with Crippen LogP contribution in [0, 0.1) is 0 Å². The van der Waals surface area contributed by atoms with E-state index in [1.54, 1.807) is 0 Å². The molecule has 0 spiro atoms. The lowest BCUT2D eigenvalue weighted by Gasteiger charge is -2.38. The average Bonchev–Trinajstić information content (AvgIpc) is 2.54. The smallest absolute Gasteiger partial charge is 0.314 e. The molecule has 0 aliphatic carbocycles. The fourth-order valence-electron chi connectivity index (χ4n) is 3.14. The molecule has 0 bridgehead atoms. The van der Waals surface area contributed by atoms with Gasteiger partial charge in [0.15, 0.2) is 16.6 Å². The Kier molecular flexibility index (Phi) is 16.4. The Morgan fingerprint density at radius 2 is 0.862 bits per heavy atom. The van der Waals surface area contributed by atoms with Crippen molar-refractivity contribution < 1.29 is 22.4 Å². The fourth-order valence-corrected chi connectivity index (χ4v) is 15.6. The van der Waals surface area contributed by atoms with Crippen molar-refractivity contribution in [1.82, 2.24) is 0 Å². The van der Waals surface area contributed by atoms with Crippen LogP contribution in [0.3, 0.4) is 0 Å². The number of rotatable bonds is 20. The Morgan fingerprint density at radius 3 is 1.28 bits per heavy atom. The molecule has 0 heterocycles. The summed E-state index contributed by atoms with van der Waals surface area (Å²) in [6, 6.07) is 1.02. The van der Waals surface area contributed by atoms with Crippen molar-refractivity contribution in [2.45, 2.75) is 97.3 Å². The maximum absolute atomic E-state index is 6.53. The maximum atomic E-state index is 6.53. The predicted octanol–water partition coefficient (Wildman–Crippen LogP) is 6.17. The lowest BCUT2D eigenvalue weighted by atomic mass is 10.3. The third-order valence-electron chi connectivity index (χ3n) is 4.01. The molecule has 0 radical (unpaired) electrons. The first-order chi connectivity index (χ1) is 13.5. The molecule has 29 heavy (non-hydrogen) atoms. The van der Waals surface area contributed by atoms with Crippen molar-refractivity contribution >= 4 is 25.2 Å². The highest BCUT2D eigenvalue weighted by Gasteiger charge is 2.39. The van der Waals surface area contributed by atoms with Crippen LogP contribution in [-0.4, -0.2) is 64.8 Å². The first-order valence-electron chi connectivity index (χ1n) is 11.6. The first-order valence-corrected chi connectivity index (χ1v) is 20.9. The molecule has 0 amide bonds. The molecule has 5 nitrogen and oxygen atoms in total. The molecule has 0 aromatic rings. The monoisotopic (exact) mass is 466 g/mol. The van der Waals surface area contributed by atoms with Crippen molar-refractivity contribution in [1.29, 1.82) is 0 Å². The predicted molar refractivity (Wildman–Crippen MR) is 131 cm³/mol. The number of ether oxygens (including phenoxy) is 3. The first kappa shape index (κ1) is 29.5. The van der Waals surface area contributed by atoms with Crippen LogP contribution in [0.1, 0.15) is 45.4 Å². The Balaban J connectivity index is 3.70. The minimum Gasteiger partial charge on any atom is -0.437 e. The Bertz CT molecular complexity index is 367. The molecule has 0 atom stereocenters. The average molecular weight is 467 g/mol. The summed E-state index contributed by atoms with van der Waals surface area (Å²) < 4.78 is 30.1. The van der Waals surface area contributed by atoms with Crippen LogP contribution in [0.5, 0.6) is 0 Å². The zero-order valence-electron chi connectivity index (χ0n) is 20.7. The second-order valence-electron chi connectivity index (χ2n) is 9.92. The van der Waals surface area contributed by atoms with Crippen molar-refractivity contribution in [3.63, 3.8) is 0 Å². The summed E-state index contributed by atoms with van der Waals surface area (Å²) >= 11 is 0. The largest absolute Gasteiger partial charge is 0.437 e. The van der Waals surface area contributed by atoms with E-state index in [1.165, 1.54) is 6.42 Å². The molecule has 0 fully saturated rings. The van der Waals surface area contributed by atoms with Gasteiger partial charge in [-0.1, -0.05) is 13.3 Å². The van der Waals surface area contributed by atoms with E-state index in [0.717, 1.165) is 77.8 Å². The summed E-state index contributed by atoms with van der Waals surface area (Å²) in [5.74, 6) is 0. The van der Waals surface area contributed by atoms with Gasteiger partial charge in [0.2, 0.25) is 0 Å². The third-order valence-corrected chi connectivity index (χ3v) is 13.6. The molecule has 0 aromatic carbocycles. The number of hydrogen-bond acceptors (Lipinski definition) is 5. The lowest BCUT2D eigenvalue weighted by Crippen LogP contribution is -2.52. The zero-order valence-corrected chi connectivity index (χ0v) is 23.7. The molecule has 0 saturated heterocycles. The summed E-state index contributed by atoms with van der Waals surface area (Å²) in [5, 5.41) is 0. The van der Waals surface area contributed by atoms with Gasteiger partial charge < -0.3 is 22.4 Å². The molecular formula is C21H50O5Si3. The molecule has 0 rings (SSSR count). The SMILES string of the molecule is CCCCOCCCOCCCCOCCC[Si](C)(O[Si](C)(C)C)O[Si](C)(C)C. The number of hydrogen-bond donors (Lipinski definition) is 0. The van der Waals surface area contributed by atoms with Crippen LogP contribution in [0.2, 0.25) is 51.9 Å². The van der Waals surface area contributed by atoms with Gasteiger partial charge in [0.25, 0.3) is 0 Å². The van der Waals surface area contributed by atoms with Gasteiger partial charge in [-0.15, -0.1) is 0 Å². The van der Waals surface area contributed by atoms with E-state index in [-0.39, 0.29) is 0 Å². The molecule has 0 aromatic heterocycles. The van der Waals surface area contributed by atoms with Gasteiger partial charge in [0.1, 0.15) is 0 Å². The van der Waals surface area contributed by atoms with Gasteiger partial charge in [-0.25, -0.2) is 0 Å². The summed E-state index contributed by atoms with van der Waals surface area (Å²) in [6.07, 6.45) is 6.46. The minimum absolute atomic E-state index is 0.794. The van der Waals surface area contributed by atoms with Crippen LogP contribution in [0.25, 0.3) is 0 Å². The molecule has 0 N–H and O–H groups in total. The molecular weight excluding hydrogens is 416 g/mol. The molecule has 8 heteroatoms. The van der Waals surface area contributed by atoms with Crippen LogP contribution in [0.4, 0.5) is 0 Å². The maximum Gasteiger partial charge on any atom is 0.314 e. The van der Waals surface area contributed by atoms with E-state index in [0.29, 0.717) is 0 Å². The summed E-state index contributed by atoms with van der Waals surface area (Å²) in [7, 11) is -5.32. The summed E-state index contributed by atoms with van der Waals surface area (Å²) in [5.41, 5.74) is 0. The van der Waals surface area contributed by atoms with E-state index in [4.69, 9.17) is 22.4 Å². The van der Waals surface area contributed by atoms with E-state index >= 15 is 0 Å². The van der Waals surface area contributed by atoms with E-state index < -0.39 is 25.2 Å². The van der Waals surface area contributed by atoms with Crippen LogP contribution >= 0.6 is 0 Å². The Morgan fingerprint density at radius 1 is 0.483 bits per heavy atom. The topological polar surface area (TPSA) is 46.2 Å². The highest BCUT2D eigenvalue weighted by Crippen LogP contribution is 2.25. The number of unbranched alkanes of at least 4 members (excludes halogenated alkanes) is 2. The second kappa shape index (κ2) is 16.1. The Hall–Kier alpha value is 0.451. The van der Waals surface area contributed by atoms with E-state index in [2.05, 4.69) is 52.8 Å². The molecule has 0 aliphatic rings. The summed E-state index contributed by atoms with van der Waals surface area (Å²) in [6.45, 7) is 22.9. The summed E-state index contributed by atoms with van der Waals surface area (Å²) in [4.78, 5) is 0. The van der Waals surface area contributed by atoms with Crippen molar-refractivity contribution in [3.8, 4) is 0 Å². The standard InChI is InChI=1S/C21H50O5Si3/c1-9-10-15-22-18-13-19-23-16-11-12-17-24-20-14-21-29(8,25-27(2,3)4)26-28(5,6)7/h9-21H2,1-8H3. The van der Waals surface area contributed by atoms with Crippen molar-refractivity contribution in [3.05, 3.63) is 0 Å². The molecule has 0 saturated carbocycles. The van der Waals surface area contributed by atoms with Crippen LogP contribution in [-0.2, 0) is 22.4 Å². The Labute approximate surface area is 184 Å². The second-order valence-corrected chi connectivity index (χ2v) is 22.8. The highest BCUT2D eigenvalue weighted by atomic mass is 28.5. The van der Waals surface area contributed by atoms with E-state index in [1.807, 2.05) is 0 Å². The van der Waals surface area contributed by atoms with Crippen LogP contribution in [0.15, 0.2) is 0 Å². The van der Waals surface area contributed by atoms with Gasteiger partial charge in [-0.3, -0.25) is 0 Å². The highest BCUT2D eigenvalue weighted by molar-refractivity contribution is 6.87. The molecule has 0 unspecified atom stereocenters. The van der Waals surface area contributed by atoms with E-state index in [9.17, 15) is 0 Å². The fraction of sp³-hybridized carbons (Fsp3) is 1.00. The van der Waals surface area contributed by atoms with Gasteiger partial charge in [-0.2, -0.15) is 0 Å². The molecule has 0 aliphatic heterocycles. The normalized spacial score (nSPS) is 13.2. The van der Waals surface area contributed by atoms with Gasteiger partial charge in [-0.05, 0) is 84.0 Å². The zero-order chi connectivity index (χ0) is 22.2. The lowest BCUT2D eigenvalue weighted by molar-refractivity contribution is 0.0741. The van der Waals surface area contributed by atoms with Crippen molar-refractivity contribution in [2.75, 3.05) is 39.6 Å². The van der Waals surface area contributed by atoms with Gasteiger partial charge >= 0.3 is 8.56 Å². The quantitative estimate of drug-likeness (QED) is 0.158. The third kappa shape index (κ3) is 21.5. The van der Waals surface area contributed by atoms with Gasteiger partial charge in [0.05, 0.1) is 0 Å². The van der Waals surface area contributed by atoms with Gasteiger partial charge in [0, 0.05) is 39.6 Å². The van der Waals surface area contributed by atoms with Crippen LogP contribution < -0.4 is 0 Å².